The number of hydrogen-bond donors (Lipinski definition) is 1. The zero-order chi connectivity index (χ0) is 13.8. The van der Waals surface area contributed by atoms with Gasteiger partial charge in [0.25, 0.3) is 0 Å². The SMILES string of the molecule is CC(C(=O)N1CCN(CC(=O)O)CC1)n1cccn1. The summed E-state index contributed by atoms with van der Waals surface area (Å²) < 4.78 is 1.63. The monoisotopic (exact) mass is 266 g/mol. The normalized spacial score (nSPS) is 18.3. The molecular formula is C12H18N4O3. The number of aromatic nitrogens is 2. The minimum absolute atomic E-state index is 0.0266. The third-order valence-electron chi connectivity index (χ3n) is 3.32. The lowest BCUT2D eigenvalue weighted by Crippen LogP contribution is -2.51. The maximum atomic E-state index is 12.3. The summed E-state index contributed by atoms with van der Waals surface area (Å²) in [6.07, 6.45) is 3.41. The lowest BCUT2D eigenvalue weighted by Gasteiger charge is -2.35. The minimum Gasteiger partial charge on any atom is -0.480 e. The molecule has 1 unspecified atom stereocenters. The number of nitrogens with zero attached hydrogens (tertiary/aromatic N) is 4. The largest absolute Gasteiger partial charge is 0.480 e. The Morgan fingerprint density at radius 2 is 2.00 bits per heavy atom. The average molecular weight is 266 g/mol. The molecule has 0 saturated carbocycles. The average Bonchev–Trinajstić information content (AvgIpc) is 2.91. The van der Waals surface area contributed by atoms with Gasteiger partial charge in [-0.05, 0) is 13.0 Å². The number of carboxylic acids is 1. The zero-order valence-electron chi connectivity index (χ0n) is 10.9. The molecule has 1 fully saturated rings. The van der Waals surface area contributed by atoms with E-state index < -0.39 is 5.97 Å². The summed E-state index contributed by atoms with van der Waals surface area (Å²) in [6.45, 7) is 4.19. The van der Waals surface area contributed by atoms with E-state index in [1.54, 1.807) is 28.0 Å². The van der Waals surface area contributed by atoms with E-state index in [1.807, 2.05) is 11.8 Å². The first-order valence-corrected chi connectivity index (χ1v) is 6.30. The van der Waals surface area contributed by atoms with E-state index in [0.29, 0.717) is 26.2 Å². The number of piperazine rings is 1. The molecule has 7 heteroatoms. The maximum Gasteiger partial charge on any atom is 0.317 e. The molecular weight excluding hydrogens is 248 g/mol. The molecule has 1 aliphatic heterocycles. The van der Waals surface area contributed by atoms with Crippen LogP contribution < -0.4 is 0 Å². The van der Waals surface area contributed by atoms with Crippen molar-refractivity contribution in [3.05, 3.63) is 18.5 Å². The zero-order valence-corrected chi connectivity index (χ0v) is 10.9. The standard InChI is InChI=1S/C12H18N4O3/c1-10(16-4-2-3-13-16)12(19)15-7-5-14(6-8-15)9-11(17)18/h2-4,10H,5-9H2,1H3,(H,17,18). The highest BCUT2D eigenvalue weighted by Gasteiger charge is 2.26. The van der Waals surface area contributed by atoms with Gasteiger partial charge in [-0.3, -0.25) is 19.2 Å². The molecule has 7 nitrogen and oxygen atoms in total. The van der Waals surface area contributed by atoms with Crippen LogP contribution in [0.1, 0.15) is 13.0 Å². The second kappa shape index (κ2) is 5.83. The highest BCUT2D eigenvalue weighted by molar-refractivity contribution is 5.80. The quantitative estimate of drug-likeness (QED) is 0.807. The van der Waals surface area contributed by atoms with Gasteiger partial charge in [-0.1, -0.05) is 0 Å². The van der Waals surface area contributed by atoms with Gasteiger partial charge in [-0.25, -0.2) is 0 Å². The molecule has 1 aromatic heterocycles. The van der Waals surface area contributed by atoms with E-state index in [4.69, 9.17) is 5.11 Å². The predicted octanol–water partition coefficient (Wildman–Crippen LogP) is -0.327. The first-order valence-electron chi connectivity index (χ1n) is 6.30. The van der Waals surface area contributed by atoms with Gasteiger partial charge in [0.1, 0.15) is 6.04 Å². The van der Waals surface area contributed by atoms with E-state index in [-0.39, 0.29) is 18.5 Å². The summed E-state index contributed by atoms with van der Waals surface area (Å²) >= 11 is 0. The smallest absolute Gasteiger partial charge is 0.317 e. The van der Waals surface area contributed by atoms with Crippen molar-refractivity contribution in [2.75, 3.05) is 32.7 Å². The molecule has 1 amide bonds. The van der Waals surface area contributed by atoms with Crippen LogP contribution >= 0.6 is 0 Å². The highest BCUT2D eigenvalue weighted by Crippen LogP contribution is 2.11. The molecule has 1 aliphatic rings. The highest BCUT2D eigenvalue weighted by atomic mass is 16.4. The first-order chi connectivity index (χ1) is 9.08. The van der Waals surface area contributed by atoms with E-state index in [9.17, 15) is 9.59 Å². The number of hydrogen-bond acceptors (Lipinski definition) is 4. The Labute approximate surface area is 111 Å². The Morgan fingerprint density at radius 1 is 1.32 bits per heavy atom. The van der Waals surface area contributed by atoms with Crippen molar-refractivity contribution in [3.63, 3.8) is 0 Å². The molecule has 104 valence electrons. The fourth-order valence-electron chi connectivity index (χ4n) is 2.20. The van der Waals surface area contributed by atoms with Crippen LogP contribution in [0.15, 0.2) is 18.5 Å². The molecule has 0 aromatic carbocycles. The molecule has 1 aromatic rings. The summed E-state index contributed by atoms with van der Waals surface area (Å²) in [5.41, 5.74) is 0. The van der Waals surface area contributed by atoms with Crippen molar-refractivity contribution in [3.8, 4) is 0 Å². The molecule has 0 radical (unpaired) electrons. The van der Waals surface area contributed by atoms with Crippen molar-refractivity contribution in [2.45, 2.75) is 13.0 Å². The molecule has 1 N–H and O–H groups in total. The number of carbonyl (C=O) groups is 2. The van der Waals surface area contributed by atoms with Crippen LogP contribution in [0.5, 0.6) is 0 Å². The van der Waals surface area contributed by atoms with Crippen molar-refractivity contribution in [2.24, 2.45) is 0 Å². The van der Waals surface area contributed by atoms with Crippen molar-refractivity contribution in [1.29, 1.82) is 0 Å². The summed E-state index contributed by atoms with van der Waals surface area (Å²) in [5.74, 6) is -0.802. The second-order valence-corrected chi connectivity index (χ2v) is 4.66. The van der Waals surface area contributed by atoms with Crippen LogP contribution in [-0.4, -0.2) is 69.3 Å². The fourth-order valence-corrected chi connectivity index (χ4v) is 2.20. The van der Waals surface area contributed by atoms with E-state index in [2.05, 4.69) is 5.10 Å². The van der Waals surface area contributed by atoms with Crippen LogP contribution in [-0.2, 0) is 9.59 Å². The van der Waals surface area contributed by atoms with Crippen LogP contribution in [0.2, 0.25) is 0 Å². The van der Waals surface area contributed by atoms with Gasteiger partial charge >= 0.3 is 5.97 Å². The van der Waals surface area contributed by atoms with Crippen LogP contribution in [0.4, 0.5) is 0 Å². The van der Waals surface area contributed by atoms with Gasteiger partial charge in [0.2, 0.25) is 5.91 Å². The topological polar surface area (TPSA) is 78.7 Å². The minimum atomic E-state index is -0.829. The van der Waals surface area contributed by atoms with Gasteiger partial charge in [-0.15, -0.1) is 0 Å². The van der Waals surface area contributed by atoms with E-state index >= 15 is 0 Å². The Hall–Kier alpha value is -1.89. The van der Waals surface area contributed by atoms with Gasteiger partial charge in [0, 0.05) is 38.6 Å². The third kappa shape index (κ3) is 3.31. The van der Waals surface area contributed by atoms with E-state index in [0.717, 1.165) is 0 Å². The predicted molar refractivity (Wildman–Crippen MR) is 67.6 cm³/mol. The third-order valence-corrected chi connectivity index (χ3v) is 3.32. The lowest BCUT2D eigenvalue weighted by atomic mass is 10.2. The number of carboxylic acid groups (broad SMARTS) is 1. The number of amides is 1. The van der Waals surface area contributed by atoms with Crippen LogP contribution in [0.3, 0.4) is 0 Å². The fraction of sp³-hybridized carbons (Fsp3) is 0.583. The Morgan fingerprint density at radius 3 is 2.53 bits per heavy atom. The molecule has 2 heterocycles. The van der Waals surface area contributed by atoms with Crippen molar-refractivity contribution < 1.29 is 14.7 Å². The summed E-state index contributed by atoms with van der Waals surface area (Å²) in [7, 11) is 0. The van der Waals surface area contributed by atoms with Crippen LogP contribution in [0.25, 0.3) is 0 Å². The van der Waals surface area contributed by atoms with E-state index in [1.165, 1.54) is 0 Å². The van der Waals surface area contributed by atoms with Gasteiger partial charge in [0.15, 0.2) is 0 Å². The summed E-state index contributed by atoms with van der Waals surface area (Å²) in [4.78, 5) is 26.5. The maximum absolute atomic E-state index is 12.3. The van der Waals surface area contributed by atoms with Crippen LogP contribution in [0, 0.1) is 0 Å². The Bertz CT molecular complexity index is 438. The molecule has 1 atom stereocenters. The lowest BCUT2D eigenvalue weighted by molar-refractivity contribution is -0.140. The molecule has 1 saturated heterocycles. The summed E-state index contributed by atoms with van der Waals surface area (Å²) in [5, 5.41) is 12.8. The number of rotatable bonds is 4. The Kier molecular flexibility index (Phi) is 4.16. The molecule has 0 spiro atoms. The first kappa shape index (κ1) is 13.5. The molecule has 0 bridgehead atoms. The number of aliphatic carboxylic acids is 1. The molecule has 19 heavy (non-hydrogen) atoms. The number of carbonyl (C=O) groups excluding carboxylic acids is 1. The molecule has 2 rings (SSSR count). The van der Waals surface area contributed by atoms with Crippen molar-refractivity contribution in [1.82, 2.24) is 19.6 Å². The van der Waals surface area contributed by atoms with Crippen molar-refractivity contribution >= 4 is 11.9 Å². The van der Waals surface area contributed by atoms with Gasteiger partial charge in [-0.2, -0.15) is 5.10 Å². The van der Waals surface area contributed by atoms with Gasteiger partial charge < -0.3 is 10.0 Å². The Balaban J connectivity index is 1.87. The second-order valence-electron chi connectivity index (χ2n) is 4.66. The molecule has 0 aliphatic carbocycles. The summed E-state index contributed by atoms with van der Waals surface area (Å²) in [6, 6.07) is 1.47. The van der Waals surface area contributed by atoms with Gasteiger partial charge in [0.05, 0.1) is 6.54 Å².